The molecule has 0 saturated carbocycles. The summed E-state index contributed by atoms with van der Waals surface area (Å²) in [6.45, 7) is 4.00. The van der Waals surface area contributed by atoms with E-state index in [1.54, 1.807) is 12.1 Å². The Bertz CT molecular complexity index is 171. The summed E-state index contributed by atoms with van der Waals surface area (Å²) in [6, 6.07) is 3.36. The molecule has 0 radical (unpaired) electrons. The van der Waals surface area contributed by atoms with E-state index in [4.69, 9.17) is 10.9 Å². The highest BCUT2D eigenvalue weighted by molar-refractivity contribution is 5.30. The fourth-order valence-electron chi connectivity index (χ4n) is 0.481. The molecule has 0 unspecified atom stereocenters. The molecular formula is C7H13N2O+. The predicted octanol–water partition coefficient (Wildman–Crippen LogP) is 0.820. The maximum absolute atomic E-state index is 8.65. The Hall–Kier alpha value is -1.25. The number of pyridine rings is 1. The average Bonchev–Trinajstić information content (AvgIpc) is 1.91. The topological polar surface area (TPSA) is 50.1 Å². The van der Waals surface area contributed by atoms with Crippen molar-refractivity contribution >= 4 is 5.69 Å². The van der Waals surface area contributed by atoms with Crippen LogP contribution in [-0.4, -0.2) is 5.21 Å². The lowest BCUT2D eigenvalue weighted by Gasteiger charge is -1.82. The molecule has 3 nitrogen and oxygen atoms in total. The summed E-state index contributed by atoms with van der Waals surface area (Å²) in [5.74, 6) is 0. The molecule has 1 heterocycles. The number of nitrogen functional groups attached to an aromatic ring is 1. The van der Waals surface area contributed by atoms with Gasteiger partial charge < -0.3 is 5.73 Å². The van der Waals surface area contributed by atoms with Crippen molar-refractivity contribution in [2.45, 2.75) is 13.8 Å². The van der Waals surface area contributed by atoms with Crippen LogP contribution in [0.4, 0.5) is 5.69 Å². The van der Waals surface area contributed by atoms with Crippen molar-refractivity contribution < 1.29 is 9.94 Å². The minimum atomic E-state index is 0.551. The lowest BCUT2D eigenvalue weighted by molar-refractivity contribution is -0.904. The average molecular weight is 141 g/mol. The van der Waals surface area contributed by atoms with Gasteiger partial charge in [-0.2, -0.15) is 0 Å². The van der Waals surface area contributed by atoms with Gasteiger partial charge in [-0.05, 0) is 6.07 Å². The fraction of sp³-hybridized carbons (Fsp3) is 0.286. The van der Waals surface area contributed by atoms with E-state index in [1.165, 1.54) is 12.4 Å². The molecule has 1 aromatic heterocycles. The first-order chi connectivity index (χ1) is 4.79. The predicted molar refractivity (Wildman–Crippen MR) is 39.6 cm³/mol. The van der Waals surface area contributed by atoms with Crippen molar-refractivity contribution in [2.24, 2.45) is 0 Å². The maximum atomic E-state index is 8.65. The molecule has 0 aliphatic carbocycles. The zero-order valence-electron chi connectivity index (χ0n) is 6.28. The Labute approximate surface area is 60.7 Å². The molecule has 0 atom stereocenters. The molecule has 10 heavy (non-hydrogen) atoms. The highest BCUT2D eigenvalue weighted by Crippen LogP contribution is 1.90. The van der Waals surface area contributed by atoms with Crippen molar-refractivity contribution in [2.75, 3.05) is 5.73 Å². The van der Waals surface area contributed by atoms with Crippen LogP contribution in [0.15, 0.2) is 24.5 Å². The molecule has 0 spiro atoms. The molecule has 0 amide bonds. The van der Waals surface area contributed by atoms with E-state index < -0.39 is 0 Å². The van der Waals surface area contributed by atoms with Crippen molar-refractivity contribution in [3.8, 4) is 0 Å². The number of anilines is 1. The normalized spacial score (nSPS) is 7.80. The third kappa shape index (κ3) is 2.91. The molecule has 3 N–H and O–H groups in total. The molecule has 0 aromatic carbocycles. The molecule has 0 bridgehead atoms. The summed E-state index contributed by atoms with van der Waals surface area (Å²) in [4.78, 5) is 0. The van der Waals surface area contributed by atoms with E-state index in [-0.39, 0.29) is 0 Å². The summed E-state index contributed by atoms with van der Waals surface area (Å²) in [5, 5.41) is 8.65. The van der Waals surface area contributed by atoms with Gasteiger partial charge in [0, 0.05) is 10.8 Å². The van der Waals surface area contributed by atoms with Crippen molar-refractivity contribution in [3.05, 3.63) is 24.5 Å². The number of hydrogen-bond donors (Lipinski definition) is 2. The van der Waals surface area contributed by atoms with Gasteiger partial charge in [-0.1, -0.05) is 13.8 Å². The third-order valence-electron chi connectivity index (χ3n) is 0.809. The fourth-order valence-corrected chi connectivity index (χ4v) is 0.481. The van der Waals surface area contributed by atoms with E-state index in [1.807, 2.05) is 13.8 Å². The highest BCUT2D eigenvalue weighted by atomic mass is 16.5. The van der Waals surface area contributed by atoms with Crippen molar-refractivity contribution in [1.82, 2.24) is 0 Å². The van der Waals surface area contributed by atoms with E-state index in [0.717, 1.165) is 4.73 Å². The second kappa shape index (κ2) is 4.61. The second-order valence-corrected chi connectivity index (χ2v) is 1.52. The first kappa shape index (κ1) is 8.75. The van der Waals surface area contributed by atoms with Crippen LogP contribution in [0, 0.1) is 0 Å². The van der Waals surface area contributed by atoms with Crippen LogP contribution in [-0.2, 0) is 0 Å². The third-order valence-corrected chi connectivity index (χ3v) is 0.809. The van der Waals surface area contributed by atoms with Crippen LogP contribution < -0.4 is 10.5 Å². The van der Waals surface area contributed by atoms with Gasteiger partial charge in [0.25, 0.3) is 0 Å². The monoisotopic (exact) mass is 141 g/mol. The van der Waals surface area contributed by atoms with E-state index >= 15 is 0 Å². The summed E-state index contributed by atoms with van der Waals surface area (Å²) >= 11 is 0. The summed E-state index contributed by atoms with van der Waals surface area (Å²) < 4.78 is 0.912. The standard InChI is InChI=1S/C5H7N2O.C2H6/c6-5-2-1-3-7(8)4-5;1-2/h1-4,8H,6H2;1-2H3/q+1;. The Balaban J connectivity index is 0.000000371. The Kier molecular flexibility index (Phi) is 4.04. The van der Waals surface area contributed by atoms with Gasteiger partial charge in [-0.3, -0.25) is 5.21 Å². The lowest BCUT2D eigenvalue weighted by atomic mass is 10.4. The van der Waals surface area contributed by atoms with Gasteiger partial charge in [-0.15, -0.1) is 0 Å². The van der Waals surface area contributed by atoms with Crippen LogP contribution in [0.3, 0.4) is 0 Å². The number of rotatable bonds is 0. The molecule has 1 rings (SSSR count). The Morgan fingerprint density at radius 1 is 1.50 bits per heavy atom. The number of aromatic nitrogens is 1. The van der Waals surface area contributed by atoms with Crippen LogP contribution in [0.2, 0.25) is 0 Å². The lowest BCUT2D eigenvalue weighted by Crippen LogP contribution is -2.28. The molecule has 56 valence electrons. The van der Waals surface area contributed by atoms with Gasteiger partial charge in [0.1, 0.15) is 5.69 Å². The number of hydrogen-bond acceptors (Lipinski definition) is 2. The SMILES string of the molecule is CC.Nc1ccc[n+](O)c1. The van der Waals surface area contributed by atoms with Crippen LogP contribution >= 0.6 is 0 Å². The largest absolute Gasteiger partial charge is 0.394 e. The van der Waals surface area contributed by atoms with Crippen LogP contribution in [0.25, 0.3) is 0 Å². The summed E-state index contributed by atoms with van der Waals surface area (Å²) in [6.07, 6.45) is 2.91. The zero-order chi connectivity index (χ0) is 7.98. The van der Waals surface area contributed by atoms with E-state index in [9.17, 15) is 0 Å². The molecule has 1 aromatic rings. The molecule has 0 aliphatic heterocycles. The highest BCUT2D eigenvalue weighted by Gasteiger charge is 1.91. The molecular weight excluding hydrogens is 128 g/mol. The minimum Gasteiger partial charge on any atom is -0.394 e. The second-order valence-electron chi connectivity index (χ2n) is 1.52. The van der Waals surface area contributed by atoms with Gasteiger partial charge in [0.15, 0.2) is 0 Å². The van der Waals surface area contributed by atoms with Gasteiger partial charge in [0.2, 0.25) is 12.4 Å². The van der Waals surface area contributed by atoms with Crippen molar-refractivity contribution in [3.63, 3.8) is 0 Å². The van der Waals surface area contributed by atoms with Crippen molar-refractivity contribution in [1.29, 1.82) is 0 Å². The number of nitrogens with two attached hydrogens (primary N) is 1. The Morgan fingerprint density at radius 3 is 2.40 bits per heavy atom. The van der Waals surface area contributed by atoms with E-state index in [0.29, 0.717) is 5.69 Å². The molecule has 3 heteroatoms. The van der Waals surface area contributed by atoms with Crippen LogP contribution in [0.5, 0.6) is 0 Å². The zero-order valence-corrected chi connectivity index (χ0v) is 6.28. The van der Waals surface area contributed by atoms with E-state index in [2.05, 4.69) is 0 Å². The van der Waals surface area contributed by atoms with Crippen LogP contribution in [0.1, 0.15) is 13.8 Å². The summed E-state index contributed by atoms with van der Waals surface area (Å²) in [5.41, 5.74) is 5.83. The maximum Gasteiger partial charge on any atom is 0.245 e. The minimum absolute atomic E-state index is 0.551. The summed E-state index contributed by atoms with van der Waals surface area (Å²) in [7, 11) is 0. The molecule has 0 saturated heterocycles. The Morgan fingerprint density at radius 2 is 2.10 bits per heavy atom. The van der Waals surface area contributed by atoms with Gasteiger partial charge in [-0.25, -0.2) is 0 Å². The molecule has 0 fully saturated rings. The molecule has 0 aliphatic rings. The first-order valence-electron chi connectivity index (χ1n) is 3.25. The van der Waals surface area contributed by atoms with Gasteiger partial charge >= 0.3 is 0 Å². The first-order valence-corrected chi connectivity index (χ1v) is 3.25. The quantitative estimate of drug-likeness (QED) is 0.415. The number of nitrogens with zero attached hydrogens (tertiary/aromatic N) is 1. The smallest absolute Gasteiger partial charge is 0.245 e. The van der Waals surface area contributed by atoms with Gasteiger partial charge in [0.05, 0.1) is 0 Å².